The number of esters is 2. The summed E-state index contributed by atoms with van der Waals surface area (Å²) in [6.45, 7) is 0.883. The molecular weight excluding hydrogens is 900 g/mol. The van der Waals surface area contributed by atoms with Gasteiger partial charge in [-0.15, -0.1) is 0 Å². The van der Waals surface area contributed by atoms with Crippen LogP contribution in [0.25, 0.3) is 0 Å². The van der Waals surface area contributed by atoms with E-state index in [0.717, 1.165) is 0 Å². The summed E-state index contributed by atoms with van der Waals surface area (Å²) in [5.74, 6) is -3.63. The number of carbonyl (C=O) groups excluding carboxylic acids is 4. The van der Waals surface area contributed by atoms with Crippen molar-refractivity contribution in [2.75, 3.05) is 33.5 Å². The Labute approximate surface area is 389 Å². The zero-order valence-corrected chi connectivity index (χ0v) is 37.4. The van der Waals surface area contributed by atoms with E-state index in [0.29, 0.717) is 0 Å². The molecule has 6 aliphatic carbocycles. The van der Waals surface area contributed by atoms with Gasteiger partial charge in [-0.2, -0.15) is 0 Å². The molecule has 6 saturated carbocycles. The molecule has 4 heterocycles. The van der Waals surface area contributed by atoms with Crippen molar-refractivity contribution in [3.8, 4) is 0 Å². The van der Waals surface area contributed by atoms with E-state index >= 15 is 0 Å². The molecule has 21 nitrogen and oxygen atoms in total. The smallest absolute Gasteiger partial charge is 0.338 e. The van der Waals surface area contributed by atoms with Gasteiger partial charge in [-0.25, -0.2) is 9.59 Å². The van der Waals surface area contributed by atoms with Crippen molar-refractivity contribution in [3.63, 3.8) is 0 Å². The zero-order chi connectivity index (χ0) is 48.3. The third kappa shape index (κ3) is 6.49. The largest absolute Gasteiger partial charge is 0.461 e. The average molecular weight is 957 g/mol. The average Bonchev–Trinajstić information content (AvgIpc) is 3.47. The van der Waals surface area contributed by atoms with E-state index in [9.17, 15) is 54.9 Å². The summed E-state index contributed by atoms with van der Waals surface area (Å²) in [5, 5.41) is 76.7. The van der Waals surface area contributed by atoms with Crippen LogP contribution < -0.4 is 0 Å². The lowest BCUT2D eigenvalue weighted by Crippen LogP contribution is -2.80. The van der Waals surface area contributed by atoms with Crippen molar-refractivity contribution >= 4 is 23.5 Å². The number of Topliss-reactive ketones (excluding diaryl/α,β-unsaturated/α-hetero) is 2. The summed E-state index contributed by atoms with van der Waals surface area (Å²) >= 11 is 0. The first-order chi connectivity index (χ1) is 32.4. The lowest BCUT2D eigenvalue weighted by atomic mass is 9.41. The van der Waals surface area contributed by atoms with Gasteiger partial charge in [0.05, 0.1) is 35.2 Å². The topological polar surface area (TPSA) is 302 Å². The van der Waals surface area contributed by atoms with Gasteiger partial charge in [0, 0.05) is 31.8 Å². The third-order valence-corrected chi connectivity index (χ3v) is 16.5. The van der Waals surface area contributed by atoms with Crippen molar-refractivity contribution in [2.45, 2.75) is 136 Å². The molecule has 12 rings (SSSR count). The number of ketones is 2. The quantitative estimate of drug-likeness (QED) is 0.102. The van der Waals surface area contributed by atoms with Crippen molar-refractivity contribution in [3.05, 3.63) is 71.8 Å². The van der Waals surface area contributed by atoms with Crippen LogP contribution in [0.15, 0.2) is 60.7 Å². The third-order valence-electron chi connectivity index (χ3n) is 16.5. The van der Waals surface area contributed by atoms with Gasteiger partial charge >= 0.3 is 11.9 Å². The number of hydrogen-bond acceptors (Lipinski definition) is 21. The number of ether oxygens (including phenoxy) is 10. The Morgan fingerprint density at radius 3 is 1.50 bits per heavy atom. The number of hydrogen-bond donors (Lipinski definition) is 7. The number of fused-ring (bicyclic) bond motifs is 2. The zero-order valence-electron chi connectivity index (χ0n) is 37.4. The summed E-state index contributed by atoms with van der Waals surface area (Å²) in [6.07, 6.45) is -20.3. The molecule has 8 bridgehead atoms. The summed E-state index contributed by atoms with van der Waals surface area (Å²) < 4.78 is 62.4. The molecule has 2 aromatic carbocycles. The second-order valence-electron chi connectivity index (χ2n) is 19.8. The predicted molar refractivity (Wildman–Crippen MR) is 221 cm³/mol. The normalized spacial score (nSPS) is 47.5. The summed E-state index contributed by atoms with van der Waals surface area (Å²) in [6, 6.07) is 16.2. The number of aliphatic hydroxyl groups is 7. The molecule has 4 aliphatic heterocycles. The SMILES string of the molecule is CO[C@H]1O[C@@]2(C)CC(=O)[C@H]3C[C@]2(O[C@@H]2O[C@H](CO[C@H]4O[C@@]5(C)CC(=O)[C@H]6C[C@]5(O[C@@H]5O[C@H](CO)[C@@H](O)[C@H](O)[C@H]5O)[C@]46COC(=O)c4ccccc4)[C@@H](O)[C@H](O)[C@H]2O)[C@]13COC(=O)c1ccccc1. The van der Waals surface area contributed by atoms with E-state index in [1.807, 2.05) is 0 Å². The van der Waals surface area contributed by atoms with E-state index in [-0.39, 0.29) is 48.4 Å². The lowest BCUT2D eigenvalue weighted by Gasteiger charge is -2.66. The molecule has 68 heavy (non-hydrogen) atoms. The number of rotatable bonds is 15. The highest BCUT2D eigenvalue weighted by atomic mass is 16.8. The summed E-state index contributed by atoms with van der Waals surface area (Å²) in [4.78, 5) is 54.4. The van der Waals surface area contributed by atoms with Crippen LogP contribution >= 0.6 is 0 Å². The van der Waals surface area contributed by atoms with Gasteiger partial charge in [-0.05, 0) is 51.0 Å². The lowest BCUT2D eigenvalue weighted by molar-refractivity contribution is -0.388. The maximum atomic E-state index is 14.0. The molecule has 0 radical (unpaired) electrons. The van der Waals surface area contributed by atoms with E-state index in [2.05, 4.69) is 0 Å². The monoisotopic (exact) mass is 956 g/mol. The van der Waals surface area contributed by atoms with Crippen molar-refractivity contribution in [2.24, 2.45) is 22.7 Å². The van der Waals surface area contributed by atoms with Gasteiger partial charge in [0.15, 0.2) is 25.2 Å². The first-order valence-electron chi connectivity index (χ1n) is 22.7. The Morgan fingerprint density at radius 1 is 0.618 bits per heavy atom. The molecule has 0 spiro atoms. The number of aliphatic hydroxyl groups excluding tert-OH is 7. The van der Waals surface area contributed by atoms with Crippen molar-refractivity contribution in [1.82, 2.24) is 0 Å². The van der Waals surface area contributed by atoms with E-state index < -0.39 is 157 Å². The fourth-order valence-electron chi connectivity index (χ4n) is 12.9. The van der Waals surface area contributed by atoms with Gasteiger partial charge in [0.2, 0.25) is 0 Å². The second-order valence-corrected chi connectivity index (χ2v) is 19.8. The Balaban J connectivity index is 0.937. The van der Waals surface area contributed by atoms with Crippen LogP contribution in [0, 0.1) is 22.7 Å². The Hall–Kier alpha value is -3.88. The van der Waals surface area contributed by atoms with E-state index in [1.165, 1.54) is 19.2 Å². The highest BCUT2D eigenvalue weighted by Crippen LogP contribution is 2.76. The van der Waals surface area contributed by atoms with Crippen molar-refractivity contribution in [1.29, 1.82) is 0 Å². The maximum absolute atomic E-state index is 14.0. The fraction of sp³-hybridized carbons (Fsp3) is 0.660. The minimum absolute atomic E-state index is 0.0438. The molecule has 0 amide bonds. The number of benzene rings is 2. The molecule has 370 valence electrons. The Bertz CT molecular complexity index is 2280. The second kappa shape index (κ2) is 16.9. The molecule has 20 atom stereocenters. The first kappa shape index (κ1) is 47.8. The molecule has 2 aromatic rings. The molecule has 4 saturated heterocycles. The first-order valence-corrected chi connectivity index (χ1v) is 22.7. The van der Waals surface area contributed by atoms with Gasteiger partial charge < -0.3 is 83.1 Å². The molecule has 10 aliphatic rings. The van der Waals surface area contributed by atoms with Gasteiger partial charge in [-0.1, -0.05) is 36.4 Å². The van der Waals surface area contributed by atoms with Gasteiger partial charge in [0.25, 0.3) is 0 Å². The van der Waals surface area contributed by atoms with Crippen molar-refractivity contribution < 1.29 is 102 Å². The predicted octanol–water partition coefficient (Wildman–Crippen LogP) is -1.33. The van der Waals surface area contributed by atoms with Gasteiger partial charge in [0.1, 0.15) is 96.0 Å². The van der Waals surface area contributed by atoms with Crippen LogP contribution in [0.3, 0.4) is 0 Å². The standard InChI is InChI=1S/C47H56O21/c1-42-16-26(49)24-14-46(42,44(24,40(59-3)67-42)20-61-36(57)22-10-6-4-7-11-22)66-39-35(56)33(54)31(52)29(64-39)19-60-41-45(21-62-37(58)23-12-8-5-9-13-23)25-15-47(45,43(2,68-41)17-27(25)50)65-38-34(55)32(53)30(51)28(18-48)63-38/h4-13,24-25,28-35,38-41,48,51-56H,14-21H2,1-3H3/t24-,25-,28-,29-,30-,31-,32+,33+,34-,35-,38+,39+,40+,41+,42+,43+,44+,45+,46-,47-/m1/s1. The number of methoxy groups -OCH3 is 1. The summed E-state index contributed by atoms with van der Waals surface area (Å²) in [5.41, 5.74) is -8.88. The number of carbonyl (C=O) groups is 4. The molecule has 21 heteroatoms. The van der Waals surface area contributed by atoms with E-state index in [1.54, 1.807) is 62.4 Å². The van der Waals surface area contributed by atoms with Crippen LogP contribution in [0.1, 0.15) is 60.2 Å². The maximum Gasteiger partial charge on any atom is 0.338 e. The Kier molecular flexibility index (Phi) is 11.9. The molecule has 10 fully saturated rings. The molecular formula is C47H56O21. The van der Waals surface area contributed by atoms with Crippen LogP contribution in [0.2, 0.25) is 0 Å². The van der Waals surface area contributed by atoms with Crippen LogP contribution in [0.4, 0.5) is 0 Å². The van der Waals surface area contributed by atoms with Gasteiger partial charge in [-0.3, -0.25) is 9.59 Å². The highest BCUT2D eigenvalue weighted by molar-refractivity contribution is 5.91. The highest BCUT2D eigenvalue weighted by Gasteiger charge is 2.89. The minimum atomic E-state index is -1.91. The Morgan fingerprint density at radius 2 is 1.04 bits per heavy atom. The van der Waals surface area contributed by atoms with Crippen LogP contribution in [-0.4, -0.2) is 189 Å². The van der Waals surface area contributed by atoms with Crippen LogP contribution in [0.5, 0.6) is 0 Å². The molecule has 7 N–H and O–H groups in total. The molecule has 0 unspecified atom stereocenters. The van der Waals surface area contributed by atoms with Crippen LogP contribution in [-0.2, 0) is 57.0 Å². The molecule has 0 aromatic heterocycles. The summed E-state index contributed by atoms with van der Waals surface area (Å²) in [7, 11) is 1.37. The minimum Gasteiger partial charge on any atom is -0.461 e. The van der Waals surface area contributed by atoms with E-state index in [4.69, 9.17) is 47.4 Å². The fourth-order valence-corrected chi connectivity index (χ4v) is 12.9.